The predicted molar refractivity (Wildman–Crippen MR) is 64.3 cm³/mol. The summed E-state index contributed by atoms with van der Waals surface area (Å²) in [6, 6.07) is -0.593. The van der Waals surface area contributed by atoms with Crippen molar-refractivity contribution in [3.05, 3.63) is 10.4 Å². The number of imide groups is 1. The summed E-state index contributed by atoms with van der Waals surface area (Å²) in [4.78, 5) is 26.8. The number of nitrogens with one attached hydrogen (secondary N) is 1. The fourth-order valence-electron chi connectivity index (χ4n) is 2.31. The van der Waals surface area contributed by atoms with E-state index in [-0.39, 0.29) is 25.4 Å². The maximum Gasteiger partial charge on any atom is 0.326 e. The molecule has 2 aliphatic heterocycles. The van der Waals surface area contributed by atoms with Gasteiger partial charge < -0.3 is 14.6 Å². The highest BCUT2D eigenvalue weighted by atomic mass is 16.6. The van der Waals surface area contributed by atoms with Gasteiger partial charge in [0, 0.05) is 25.0 Å². The number of carbonyl (C=O) groups excluding carboxylic acids is 2. The molecule has 0 aromatic rings. The van der Waals surface area contributed by atoms with Gasteiger partial charge in [0.05, 0.1) is 12.6 Å². The Bertz CT molecular complexity index is 451. The highest BCUT2D eigenvalue weighted by Crippen LogP contribution is 2.27. The first-order valence-corrected chi connectivity index (χ1v) is 6.06. The lowest BCUT2D eigenvalue weighted by atomic mass is 10.1. The lowest BCUT2D eigenvalue weighted by Gasteiger charge is -2.33. The van der Waals surface area contributed by atoms with Crippen molar-refractivity contribution in [2.75, 3.05) is 20.2 Å². The zero-order valence-corrected chi connectivity index (χ0v) is 10.8. The summed E-state index contributed by atoms with van der Waals surface area (Å²) >= 11 is 0. The average molecular weight is 285 g/mol. The minimum absolute atomic E-state index is 0.0670. The second-order valence-electron chi connectivity index (χ2n) is 4.47. The van der Waals surface area contributed by atoms with E-state index in [1.54, 1.807) is 0 Å². The molecule has 2 fully saturated rings. The molecule has 0 radical (unpaired) electrons. The fraction of sp³-hybridized carbons (Fsp3) is 0.800. The molecule has 2 heterocycles. The molecule has 2 aliphatic rings. The molecule has 10 nitrogen and oxygen atoms in total. The molecule has 110 valence electrons. The van der Waals surface area contributed by atoms with Crippen LogP contribution < -0.4 is 5.32 Å². The molecular weight excluding hydrogens is 270 g/mol. The van der Waals surface area contributed by atoms with Gasteiger partial charge in [-0.25, -0.2) is 4.79 Å². The standard InChI is InChI=1S/C10H15N5O5/c1-19-8-7(17)5(4-12-14-11)20-9(8)15-3-2-6(16)13-10(15)18/h5,7-9,17H,2-4H2,1H3,(H,13,16,18)/t5-,7-,8-,9-/m1/s1. The fourth-order valence-corrected chi connectivity index (χ4v) is 2.31. The van der Waals surface area contributed by atoms with E-state index in [1.807, 2.05) is 0 Å². The molecule has 0 bridgehead atoms. The molecule has 2 N–H and O–H groups in total. The molecule has 2 rings (SSSR count). The molecule has 10 heteroatoms. The number of amides is 3. The highest BCUT2D eigenvalue weighted by molar-refractivity contribution is 5.96. The molecule has 0 saturated carbocycles. The number of ether oxygens (including phenoxy) is 2. The van der Waals surface area contributed by atoms with Crippen molar-refractivity contribution in [1.82, 2.24) is 10.2 Å². The van der Waals surface area contributed by atoms with Gasteiger partial charge in [0.1, 0.15) is 12.2 Å². The number of aliphatic hydroxyl groups is 1. The number of aliphatic hydroxyl groups excluding tert-OH is 1. The predicted octanol–water partition coefficient (Wildman–Crippen LogP) is -0.661. The van der Waals surface area contributed by atoms with Crippen LogP contribution in [-0.2, 0) is 14.3 Å². The summed E-state index contributed by atoms with van der Waals surface area (Å²) in [5.41, 5.74) is 8.30. The van der Waals surface area contributed by atoms with Crippen molar-refractivity contribution in [1.29, 1.82) is 0 Å². The quantitative estimate of drug-likeness (QED) is 0.401. The summed E-state index contributed by atoms with van der Waals surface area (Å²) in [6.45, 7) is 0.110. The van der Waals surface area contributed by atoms with Crippen molar-refractivity contribution >= 4 is 11.9 Å². The van der Waals surface area contributed by atoms with Gasteiger partial charge in [-0.2, -0.15) is 0 Å². The Labute approximate surface area is 114 Å². The Hall–Kier alpha value is -1.87. The summed E-state index contributed by atoms with van der Waals surface area (Å²) < 4.78 is 10.7. The van der Waals surface area contributed by atoms with Crippen molar-refractivity contribution in [2.45, 2.75) is 31.0 Å². The minimum atomic E-state index is -1.03. The zero-order valence-electron chi connectivity index (χ0n) is 10.8. The summed E-state index contributed by atoms with van der Waals surface area (Å²) in [5.74, 6) is -0.357. The Morgan fingerprint density at radius 1 is 1.65 bits per heavy atom. The molecule has 0 aliphatic carbocycles. The van der Waals surface area contributed by atoms with Crippen LogP contribution in [0.5, 0.6) is 0 Å². The summed E-state index contributed by atoms with van der Waals surface area (Å²) in [5, 5.41) is 15.6. The van der Waals surface area contributed by atoms with E-state index in [4.69, 9.17) is 15.0 Å². The number of carbonyl (C=O) groups is 2. The van der Waals surface area contributed by atoms with Crippen LogP contribution >= 0.6 is 0 Å². The van der Waals surface area contributed by atoms with Gasteiger partial charge in [-0.15, -0.1) is 0 Å². The molecule has 0 aromatic carbocycles. The van der Waals surface area contributed by atoms with Gasteiger partial charge in [0.15, 0.2) is 6.23 Å². The molecule has 0 unspecified atom stereocenters. The van der Waals surface area contributed by atoms with Crippen LogP contribution in [0, 0.1) is 0 Å². The van der Waals surface area contributed by atoms with Gasteiger partial charge in [-0.1, -0.05) is 5.11 Å². The van der Waals surface area contributed by atoms with Gasteiger partial charge in [-0.3, -0.25) is 15.0 Å². The minimum Gasteiger partial charge on any atom is -0.388 e. The Kier molecular flexibility index (Phi) is 4.40. The zero-order chi connectivity index (χ0) is 14.7. The van der Waals surface area contributed by atoms with Crippen molar-refractivity contribution in [3.8, 4) is 0 Å². The number of rotatable bonds is 4. The Morgan fingerprint density at radius 3 is 3.00 bits per heavy atom. The third kappa shape index (κ3) is 2.68. The molecule has 3 amide bonds. The molecule has 0 spiro atoms. The van der Waals surface area contributed by atoms with E-state index < -0.39 is 30.6 Å². The number of methoxy groups -OCH3 is 1. The van der Waals surface area contributed by atoms with Crippen molar-refractivity contribution in [3.63, 3.8) is 0 Å². The number of urea groups is 1. The van der Waals surface area contributed by atoms with Gasteiger partial charge in [0.25, 0.3) is 0 Å². The van der Waals surface area contributed by atoms with Crippen molar-refractivity contribution in [2.24, 2.45) is 5.11 Å². The van der Waals surface area contributed by atoms with E-state index in [1.165, 1.54) is 12.0 Å². The lowest BCUT2D eigenvalue weighted by Crippen LogP contribution is -2.56. The van der Waals surface area contributed by atoms with Crippen LogP contribution in [-0.4, -0.2) is 66.7 Å². The molecule has 4 atom stereocenters. The molecule has 0 aromatic heterocycles. The van der Waals surface area contributed by atoms with Crippen LogP contribution in [0.25, 0.3) is 10.4 Å². The monoisotopic (exact) mass is 285 g/mol. The Balaban J connectivity index is 2.11. The second kappa shape index (κ2) is 6.06. The number of nitrogens with zero attached hydrogens (tertiary/aromatic N) is 4. The lowest BCUT2D eigenvalue weighted by molar-refractivity contribution is -0.125. The number of hydrogen-bond donors (Lipinski definition) is 2. The van der Waals surface area contributed by atoms with Crippen LogP contribution in [0.1, 0.15) is 6.42 Å². The van der Waals surface area contributed by atoms with E-state index in [9.17, 15) is 14.7 Å². The maximum atomic E-state index is 11.8. The average Bonchev–Trinajstić information content (AvgIpc) is 2.72. The van der Waals surface area contributed by atoms with Gasteiger partial charge in [0.2, 0.25) is 5.91 Å². The molecule has 20 heavy (non-hydrogen) atoms. The van der Waals surface area contributed by atoms with E-state index in [0.717, 1.165) is 0 Å². The van der Waals surface area contributed by atoms with Crippen molar-refractivity contribution < 1.29 is 24.2 Å². The first-order valence-electron chi connectivity index (χ1n) is 6.06. The SMILES string of the molecule is CO[C@@H]1[C@H](O)[C@@H](CN=[N+]=[N-])O[C@H]1N1CCC(=O)NC1=O. The van der Waals surface area contributed by atoms with Crippen LogP contribution in [0.3, 0.4) is 0 Å². The smallest absolute Gasteiger partial charge is 0.326 e. The third-order valence-corrected chi connectivity index (χ3v) is 3.30. The first kappa shape index (κ1) is 14.5. The topological polar surface area (TPSA) is 137 Å². The van der Waals surface area contributed by atoms with Crippen LogP contribution in [0.2, 0.25) is 0 Å². The Morgan fingerprint density at radius 2 is 2.40 bits per heavy atom. The first-order chi connectivity index (χ1) is 9.58. The van der Waals surface area contributed by atoms with Crippen LogP contribution in [0.15, 0.2) is 5.11 Å². The second-order valence-corrected chi connectivity index (χ2v) is 4.47. The number of hydrogen-bond acceptors (Lipinski definition) is 6. The normalized spacial score (nSPS) is 33.8. The van der Waals surface area contributed by atoms with Gasteiger partial charge >= 0.3 is 6.03 Å². The summed E-state index contributed by atoms with van der Waals surface area (Å²) in [7, 11) is 1.38. The number of azide groups is 1. The van der Waals surface area contributed by atoms with Gasteiger partial charge in [-0.05, 0) is 5.53 Å². The molecule has 2 saturated heterocycles. The van der Waals surface area contributed by atoms with E-state index in [2.05, 4.69) is 15.3 Å². The largest absolute Gasteiger partial charge is 0.388 e. The highest BCUT2D eigenvalue weighted by Gasteiger charge is 2.48. The maximum absolute atomic E-state index is 11.8. The van der Waals surface area contributed by atoms with E-state index in [0.29, 0.717) is 0 Å². The van der Waals surface area contributed by atoms with Crippen LogP contribution in [0.4, 0.5) is 4.79 Å². The summed E-state index contributed by atoms with van der Waals surface area (Å²) in [6.07, 6.45) is -3.24. The molecular formula is C10H15N5O5. The van der Waals surface area contributed by atoms with E-state index >= 15 is 0 Å². The third-order valence-electron chi connectivity index (χ3n) is 3.30.